The van der Waals surface area contributed by atoms with Crippen LogP contribution in [0.1, 0.15) is 52.3 Å². The second-order valence-corrected chi connectivity index (χ2v) is 6.66. The highest BCUT2D eigenvalue weighted by atomic mass is 16.5. The van der Waals surface area contributed by atoms with Crippen molar-refractivity contribution in [2.24, 2.45) is 5.41 Å². The zero-order chi connectivity index (χ0) is 15.3. The Morgan fingerprint density at radius 1 is 1.33 bits per heavy atom. The Kier molecular flexibility index (Phi) is 5.39. The van der Waals surface area contributed by atoms with E-state index in [1.54, 1.807) is 7.11 Å². The molecule has 2 rings (SSSR count). The summed E-state index contributed by atoms with van der Waals surface area (Å²) in [6.07, 6.45) is 4.73. The van der Waals surface area contributed by atoms with Crippen LogP contribution in [0.15, 0.2) is 6.07 Å². The molecule has 5 nitrogen and oxygen atoms in total. The lowest BCUT2D eigenvalue weighted by Gasteiger charge is -2.19. The van der Waals surface area contributed by atoms with E-state index >= 15 is 0 Å². The number of nitrogens with one attached hydrogen (secondary N) is 2. The van der Waals surface area contributed by atoms with Gasteiger partial charge in [0.1, 0.15) is 18.2 Å². The SMILES string of the molecule is CCCNc1cc(NC2CCC(C)(C)C2)nc(COC)n1. The molecule has 1 aliphatic carbocycles. The number of hydrogen-bond donors (Lipinski definition) is 2. The first-order valence-corrected chi connectivity index (χ1v) is 7.90. The Hall–Kier alpha value is -1.36. The Morgan fingerprint density at radius 2 is 2.10 bits per heavy atom. The molecule has 0 saturated heterocycles. The molecule has 1 fully saturated rings. The van der Waals surface area contributed by atoms with Crippen molar-refractivity contribution in [3.8, 4) is 0 Å². The summed E-state index contributed by atoms with van der Waals surface area (Å²) in [6.45, 7) is 8.16. The smallest absolute Gasteiger partial charge is 0.158 e. The minimum atomic E-state index is 0.434. The maximum atomic E-state index is 5.16. The number of rotatable bonds is 7. The van der Waals surface area contributed by atoms with Crippen LogP contribution in [0.4, 0.5) is 11.6 Å². The van der Waals surface area contributed by atoms with Crippen molar-refractivity contribution in [3.05, 3.63) is 11.9 Å². The zero-order valence-corrected chi connectivity index (χ0v) is 13.7. The standard InChI is InChI=1S/C16H28N4O/c1-5-8-17-13-9-14(20-15(19-13)11-21-4)18-12-6-7-16(2,3)10-12/h9,12H,5-8,10-11H2,1-4H3,(H2,17,18,19,20). The molecule has 1 unspecified atom stereocenters. The van der Waals surface area contributed by atoms with Gasteiger partial charge in [-0.3, -0.25) is 0 Å². The van der Waals surface area contributed by atoms with Gasteiger partial charge in [0.2, 0.25) is 0 Å². The summed E-state index contributed by atoms with van der Waals surface area (Å²) in [7, 11) is 1.67. The molecule has 21 heavy (non-hydrogen) atoms. The molecule has 0 bridgehead atoms. The van der Waals surface area contributed by atoms with Crippen LogP contribution in [0.5, 0.6) is 0 Å². The number of aromatic nitrogens is 2. The summed E-state index contributed by atoms with van der Waals surface area (Å²) in [5, 5.41) is 6.89. The van der Waals surface area contributed by atoms with Crippen LogP contribution >= 0.6 is 0 Å². The van der Waals surface area contributed by atoms with Gasteiger partial charge in [-0.25, -0.2) is 9.97 Å². The lowest BCUT2D eigenvalue weighted by Crippen LogP contribution is -2.19. The lowest BCUT2D eigenvalue weighted by molar-refractivity contribution is 0.178. The second-order valence-electron chi connectivity index (χ2n) is 6.66. The number of hydrogen-bond acceptors (Lipinski definition) is 5. The second kappa shape index (κ2) is 7.07. The maximum absolute atomic E-state index is 5.16. The predicted molar refractivity (Wildman–Crippen MR) is 86.6 cm³/mol. The molecule has 1 aromatic rings. The summed E-state index contributed by atoms with van der Waals surface area (Å²) < 4.78 is 5.16. The molecule has 118 valence electrons. The number of methoxy groups -OCH3 is 1. The van der Waals surface area contributed by atoms with Gasteiger partial charge in [-0.2, -0.15) is 0 Å². The van der Waals surface area contributed by atoms with Crippen LogP contribution in [0.2, 0.25) is 0 Å². The Morgan fingerprint density at radius 3 is 2.71 bits per heavy atom. The Bertz CT molecular complexity index is 462. The van der Waals surface area contributed by atoms with Crippen molar-refractivity contribution in [2.45, 2.75) is 59.1 Å². The normalized spacial score (nSPS) is 20.5. The van der Waals surface area contributed by atoms with Crippen molar-refractivity contribution < 1.29 is 4.74 Å². The molecule has 1 aliphatic rings. The summed E-state index contributed by atoms with van der Waals surface area (Å²) in [4.78, 5) is 9.03. The molecule has 0 aromatic carbocycles. The van der Waals surface area contributed by atoms with E-state index in [-0.39, 0.29) is 0 Å². The predicted octanol–water partition coefficient (Wildman–Crippen LogP) is 3.44. The van der Waals surface area contributed by atoms with E-state index in [1.165, 1.54) is 19.3 Å². The highest BCUT2D eigenvalue weighted by molar-refractivity contribution is 5.48. The molecule has 1 aromatic heterocycles. The highest BCUT2D eigenvalue weighted by Crippen LogP contribution is 2.38. The average molecular weight is 292 g/mol. The molecule has 0 aliphatic heterocycles. The van der Waals surface area contributed by atoms with Gasteiger partial charge in [0.15, 0.2) is 5.82 Å². The van der Waals surface area contributed by atoms with Crippen molar-refractivity contribution in [2.75, 3.05) is 24.3 Å². The molecular formula is C16H28N4O. The van der Waals surface area contributed by atoms with Crippen molar-refractivity contribution in [3.63, 3.8) is 0 Å². The zero-order valence-electron chi connectivity index (χ0n) is 13.7. The average Bonchev–Trinajstić information content (AvgIpc) is 2.76. The van der Waals surface area contributed by atoms with Crippen molar-refractivity contribution in [1.82, 2.24) is 9.97 Å². The quantitative estimate of drug-likeness (QED) is 0.806. The third-order valence-corrected chi connectivity index (χ3v) is 3.92. The van der Waals surface area contributed by atoms with Gasteiger partial charge in [0, 0.05) is 25.8 Å². The summed E-state index contributed by atoms with van der Waals surface area (Å²) in [6, 6.07) is 2.50. The third-order valence-electron chi connectivity index (χ3n) is 3.92. The van der Waals surface area contributed by atoms with E-state index in [4.69, 9.17) is 4.74 Å². The van der Waals surface area contributed by atoms with E-state index in [9.17, 15) is 0 Å². The van der Waals surface area contributed by atoms with E-state index in [1.807, 2.05) is 6.07 Å². The minimum Gasteiger partial charge on any atom is -0.377 e. The van der Waals surface area contributed by atoms with Crippen LogP contribution in [0.3, 0.4) is 0 Å². The van der Waals surface area contributed by atoms with Crippen molar-refractivity contribution in [1.29, 1.82) is 0 Å². The summed E-state index contributed by atoms with van der Waals surface area (Å²) in [5.41, 5.74) is 0.434. The van der Waals surface area contributed by atoms with Gasteiger partial charge in [-0.1, -0.05) is 20.8 Å². The first kappa shape index (κ1) is 16.0. The molecule has 5 heteroatoms. The fourth-order valence-electron chi connectivity index (χ4n) is 2.88. The van der Waals surface area contributed by atoms with E-state index < -0.39 is 0 Å². The molecule has 0 amide bonds. The Labute approximate surface area is 127 Å². The lowest BCUT2D eigenvalue weighted by atomic mass is 9.92. The third kappa shape index (κ3) is 4.84. The number of ether oxygens (including phenoxy) is 1. The van der Waals surface area contributed by atoms with Crippen LogP contribution in [-0.4, -0.2) is 29.7 Å². The fourth-order valence-corrected chi connectivity index (χ4v) is 2.88. The highest BCUT2D eigenvalue weighted by Gasteiger charge is 2.31. The first-order chi connectivity index (χ1) is 10.0. The summed E-state index contributed by atoms with van der Waals surface area (Å²) >= 11 is 0. The molecule has 2 N–H and O–H groups in total. The number of nitrogens with zero attached hydrogens (tertiary/aromatic N) is 2. The molecule has 1 heterocycles. The van der Waals surface area contributed by atoms with Gasteiger partial charge in [-0.15, -0.1) is 0 Å². The van der Waals surface area contributed by atoms with E-state index in [2.05, 4.69) is 41.4 Å². The topological polar surface area (TPSA) is 59.1 Å². The fraction of sp³-hybridized carbons (Fsp3) is 0.750. The number of anilines is 2. The van der Waals surface area contributed by atoms with Gasteiger partial charge >= 0.3 is 0 Å². The monoisotopic (exact) mass is 292 g/mol. The van der Waals surface area contributed by atoms with Crippen LogP contribution in [-0.2, 0) is 11.3 Å². The van der Waals surface area contributed by atoms with Gasteiger partial charge in [0.25, 0.3) is 0 Å². The van der Waals surface area contributed by atoms with Crippen LogP contribution < -0.4 is 10.6 Å². The van der Waals surface area contributed by atoms with Crippen molar-refractivity contribution >= 4 is 11.6 Å². The minimum absolute atomic E-state index is 0.434. The largest absolute Gasteiger partial charge is 0.377 e. The van der Waals surface area contributed by atoms with E-state index in [0.29, 0.717) is 18.1 Å². The van der Waals surface area contributed by atoms with Gasteiger partial charge < -0.3 is 15.4 Å². The van der Waals surface area contributed by atoms with Crippen LogP contribution in [0.25, 0.3) is 0 Å². The Balaban J connectivity index is 2.08. The molecule has 1 saturated carbocycles. The molecular weight excluding hydrogens is 264 g/mol. The maximum Gasteiger partial charge on any atom is 0.158 e. The van der Waals surface area contributed by atoms with E-state index in [0.717, 1.165) is 30.4 Å². The molecule has 0 radical (unpaired) electrons. The molecule has 1 atom stereocenters. The van der Waals surface area contributed by atoms with Gasteiger partial charge in [-0.05, 0) is 31.1 Å². The van der Waals surface area contributed by atoms with Gasteiger partial charge in [0.05, 0.1) is 0 Å². The van der Waals surface area contributed by atoms with Crippen LogP contribution in [0, 0.1) is 5.41 Å². The first-order valence-electron chi connectivity index (χ1n) is 7.90. The summed E-state index contributed by atoms with van der Waals surface area (Å²) in [5.74, 6) is 2.50. The molecule has 0 spiro atoms.